The number of hydrogen-bond donors (Lipinski definition) is 1. The summed E-state index contributed by atoms with van der Waals surface area (Å²) in [5.74, 6) is 0.818. The van der Waals surface area contributed by atoms with Gasteiger partial charge in [0.1, 0.15) is 11.6 Å². The van der Waals surface area contributed by atoms with E-state index in [1.807, 2.05) is 0 Å². The maximum atomic E-state index is 11.1. The number of sulfone groups is 1. The Balaban J connectivity index is 2.50. The van der Waals surface area contributed by atoms with Crippen molar-refractivity contribution in [1.29, 1.82) is 0 Å². The van der Waals surface area contributed by atoms with E-state index < -0.39 is 9.84 Å². The Bertz CT molecular complexity index is 407. The lowest BCUT2D eigenvalue weighted by Crippen LogP contribution is -2.24. The Labute approximate surface area is 69.3 Å². The molecule has 0 aromatic carbocycles. The maximum absolute atomic E-state index is 11.1. The van der Waals surface area contributed by atoms with Gasteiger partial charge in [0.05, 0.1) is 5.75 Å². The summed E-state index contributed by atoms with van der Waals surface area (Å²) in [5.41, 5.74) is 5.44. The highest BCUT2D eigenvalue weighted by Crippen LogP contribution is 2.14. The molecule has 0 spiro atoms. The zero-order chi connectivity index (χ0) is 8.77. The monoisotopic (exact) mass is 188 g/mol. The van der Waals surface area contributed by atoms with Crippen molar-refractivity contribution in [3.8, 4) is 0 Å². The van der Waals surface area contributed by atoms with Crippen LogP contribution < -0.4 is 5.73 Å². The first kappa shape index (κ1) is 7.53. The van der Waals surface area contributed by atoms with E-state index in [-0.39, 0.29) is 11.5 Å². The Morgan fingerprint density at radius 2 is 2.17 bits per heavy atom. The molecular formula is C5H8N4O2S. The largest absolute Gasteiger partial charge is 0.368 e. The summed E-state index contributed by atoms with van der Waals surface area (Å²) >= 11 is 0. The van der Waals surface area contributed by atoms with Gasteiger partial charge in [-0.2, -0.15) is 0 Å². The van der Waals surface area contributed by atoms with Crippen LogP contribution in [-0.2, 0) is 22.1 Å². The van der Waals surface area contributed by atoms with E-state index in [0.29, 0.717) is 18.3 Å². The van der Waals surface area contributed by atoms with E-state index in [1.54, 1.807) is 4.57 Å². The normalized spacial score (nSPS) is 20.3. The third-order valence-electron chi connectivity index (χ3n) is 1.83. The minimum Gasteiger partial charge on any atom is -0.368 e. The molecule has 1 aliphatic rings. The molecule has 7 heteroatoms. The first-order chi connectivity index (χ1) is 5.58. The molecule has 2 heterocycles. The second-order valence-electron chi connectivity index (χ2n) is 2.72. The average Bonchev–Trinajstić information content (AvgIpc) is 2.30. The van der Waals surface area contributed by atoms with Crippen molar-refractivity contribution in [2.24, 2.45) is 0 Å². The second kappa shape index (κ2) is 2.19. The van der Waals surface area contributed by atoms with Crippen molar-refractivity contribution in [3.05, 3.63) is 5.82 Å². The van der Waals surface area contributed by atoms with Crippen LogP contribution in [0.5, 0.6) is 0 Å². The zero-order valence-corrected chi connectivity index (χ0v) is 7.08. The van der Waals surface area contributed by atoms with Crippen molar-refractivity contribution >= 4 is 15.8 Å². The number of fused-ring (bicyclic) bond motifs is 1. The maximum Gasteiger partial charge on any atom is 0.222 e. The molecule has 0 unspecified atom stereocenters. The van der Waals surface area contributed by atoms with Crippen molar-refractivity contribution in [2.45, 2.75) is 12.3 Å². The molecule has 1 aromatic heterocycles. The highest BCUT2D eigenvalue weighted by atomic mass is 32.2. The molecule has 6 nitrogen and oxygen atoms in total. The quantitative estimate of drug-likeness (QED) is 0.551. The SMILES string of the molecule is Nc1nnc2n1CCS(=O)(=O)C2. The molecule has 0 amide bonds. The molecule has 0 radical (unpaired) electrons. The summed E-state index contributed by atoms with van der Waals surface area (Å²) in [6, 6.07) is 0. The van der Waals surface area contributed by atoms with E-state index in [9.17, 15) is 8.42 Å². The van der Waals surface area contributed by atoms with E-state index in [2.05, 4.69) is 10.2 Å². The lowest BCUT2D eigenvalue weighted by Gasteiger charge is -2.13. The first-order valence-electron chi connectivity index (χ1n) is 3.46. The smallest absolute Gasteiger partial charge is 0.222 e. The van der Waals surface area contributed by atoms with Crippen LogP contribution in [0, 0.1) is 0 Å². The molecule has 2 N–H and O–H groups in total. The van der Waals surface area contributed by atoms with Crippen molar-refractivity contribution in [3.63, 3.8) is 0 Å². The minimum atomic E-state index is -2.96. The van der Waals surface area contributed by atoms with Crippen molar-refractivity contribution < 1.29 is 8.42 Å². The van der Waals surface area contributed by atoms with Crippen LogP contribution in [0.15, 0.2) is 0 Å². The highest BCUT2D eigenvalue weighted by Gasteiger charge is 2.24. The fraction of sp³-hybridized carbons (Fsp3) is 0.600. The third-order valence-corrected chi connectivity index (χ3v) is 3.33. The van der Waals surface area contributed by atoms with Gasteiger partial charge in [-0.25, -0.2) is 8.42 Å². The third kappa shape index (κ3) is 1.06. The topological polar surface area (TPSA) is 90.9 Å². The number of aromatic nitrogens is 3. The molecule has 66 valence electrons. The lowest BCUT2D eigenvalue weighted by atomic mass is 10.6. The molecule has 1 aromatic rings. The lowest BCUT2D eigenvalue weighted by molar-refractivity contribution is 0.572. The Morgan fingerprint density at radius 1 is 1.42 bits per heavy atom. The molecule has 12 heavy (non-hydrogen) atoms. The standard InChI is InChI=1S/C5H8N4O2S/c6-5-8-7-4-3-12(10,11)2-1-9(4)5/h1-3H2,(H2,6,8). The van der Waals surface area contributed by atoms with Gasteiger partial charge in [-0.05, 0) is 0 Å². The van der Waals surface area contributed by atoms with E-state index in [1.165, 1.54) is 0 Å². The summed E-state index contributed by atoms with van der Waals surface area (Å²) in [7, 11) is -2.96. The summed E-state index contributed by atoms with van der Waals surface area (Å²) in [6.07, 6.45) is 0. The number of nitrogens with two attached hydrogens (primary N) is 1. The van der Waals surface area contributed by atoms with Gasteiger partial charge in [0.15, 0.2) is 9.84 Å². The number of nitrogen functional groups attached to an aromatic ring is 1. The Morgan fingerprint density at radius 3 is 2.92 bits per heavy atom. The van der Waals surface area contributed by atoms with E-state index >= 15 is 0 Å². The van der Waals surface area contributed by atoms with Crippen molar-refractivity contribution in [2.75, 3.05) is 11.5 Å². The predicted molar refractivity (Wildman–Crippen MR) is 41.9 cm³/mol. The number of anilines is 1. The van der Waals surface area contributed by atoms with Crippen LogP contribution in [0.25, 0.3) is 0 Å². The molecule has 1 aliphatic heterocycles. The van der Waals surface area contributed by atoms with Crippen LogP contribution >= 0.6 is 0 Å². The average molecular weight is 188 g/mol. The zero-order valence-electron chi connectivity index (χ0n) is 6.27. The van der Waals surface area contributed by atoms with Gasteiger partial charge in [-0.15, -0.1) is 10.2 Å². The molecule has 0 bridgehead atoms. The van der Waals surface area contributed by atoms with Gasteiger partial charge < -0.3 is 5.73 Å². The van der Waals surface area contributed by atoms with Crippen molar-refractivity contribution in [1.82, 2.24) is 14.8 Å². The van der Waals surface area contributed by atoms with Crippen LogP contribution in [0.2, 0.25) is 0 Å². The molecule has 2 rings (SSSR count). The Hall–Kier alpha value is -1.11. The van der Waals surface area contributed by atoms with Crippen LogP contribution in [0.1, 0.15) is 5.82 Å². The summed E-state index contributed by atoms with van der Waals surface area (Å²) < 4.78 is 23.8. The number of nitrogens with zero attached hydrogens (tertiary/aromatic N) is 3. The molecular weight excluding hydrogens is 180 g/mol. The van der Waals surface area contributed by atoms with Gasteiger partial charge in [-0.1, -0.05) is 0 Å². The summed E-state index contributed by atoms with van der Waals surface area (Å²) in [5, 5.41) is 7.25. The van der Waals surface area contributed by atoms with E-state index in [4.69, 9.17) is 5.73 Å². The Kier molecular flexibility index (Phi) is 1.38. The van der Waals surface area contributed by atoms with Gasteiger partial charge in [-0.3, -0.25) is 4.57 Å². The van der Waals surface area contributed by atoms with Gasteiger partial charge in [0, 0.05) is 6.54 Å². The first-order valence-corrected chi connectivity index (χ1v) is 5.28. The molecule has 0 atom stereocenters. The van der Waals surface area contributed by atoms with Crippen LogP contribution in [-0.4, -0.2) is 28.9 Å². The predicted octanol–water partition coefficient (Wildman–Crippen LogP) is -1.21. The fourth-order valence-electron chi connectivity index (χ4n) is 1.20. The molecule has 0 saturated carbocycles. The summed E-state index contributed by atoms with van der Waals surface area (Å²) in [4.78, 5) is 0. The molecule has 0 saturated heterocycles. The number of hydrogen-bond acceptors (Lipinski definition) is 5. The van der Waals surface area contributed by atoms with Gasteiger partial charge in [0.25, 0.3) is 0 Å². The summed E-state index contributed by atoms with van der Waals surface area (Å²) in [6.45, 7) is 0.372. The minimum absolute atomic E-state index is 0.0444. The molecule has 0 aliphatic carbocycles. The second-order valence-corrected chi connectivity index (χ2v) is 4.90. The van der Waals surface area contributed by atoms with Crippen LogP contribution in [0.4, 0.5) is 5.95 Å². The fourth-order valence-corrected chi connectivity index (χ4v) is 2.41. The van der Waals surface area contributed by atoms with Gasteiger partial charge in [0.2, 0.25) is 5.95 Å². The number of rotatable bonds is 0. The van der Waals surface area contributed by atoms with Crippen LogP contribution in [0.3, 0.4) is 0 Å². The highest BCUT2D eigenvalue weighted by molar-refractivity contribution is 7.90. The van der Waals surface area contributed by atoms with Gasteiger partial charge >= 0.3 is 0 Å². The molecule has 0 fully saturated rings. The van der Waals surface area contributed by atoms with E-state index in [0.717, 1.165) is 0 Å².